The van der Waals surface area contributed by atoms with Gasteiger partial charge in [-0.1, -0.05) is 11.6 Å². The van der Waals surface area contributed by atoms with E-state index >= 15 is 0 Å². The first-order valence-electron chi connectivity index (χ1n) is 5.38. The number of alkyl halides is 3. The zero-order valence-corrected chi connectivity index (χ0v) is 15.0. The first-order chi connectivity index (χ1) is 9.83. The van der Waals surface area contributed by atoms with Crippen LogP contribution in [-0.2, 0) is 0 Å². The van der Waals surface area contributed by atoms with E-state index < -0.39 is 18.1 Å². The number of hydrogen-bond donors (Lipinski definition) is 0. The second-order valence-corrected chi connectivity index (χ2v) is 4.09. The SMILES string of the molecule is O=C(Oc1cc(Cl)cc(OC(F)(F)F)c1)c1ccncn1.[H-].[K+]. The summed E-state index contributed by atoms with van der Waals surface area (Å²) in [5.41, 5.74) is -0.0525. The van der Waals surface area contributed by atoms with E-state index in [4.69, 9.17) is 16.3 Å². The molecule has 1 aromatic heterocycles. The van der Waals surface area contributed by atoms with Crippen molar-refractivity contribution in [2.24, 2.45) is 0 Å². The summed E-state index contributed by atoms with van der Waals surface area (Å²) in [6.07, 6.45) is -2.43. The van der Waals surface area contributed by atoms with E-state index in [0.717, 1.165) is 18.5 Å². The standard InChI is InChI=1S/C12H6ClF3N2O3.K.H/c13-7-3-8(5-9(4-7)21-12(14,15)16)20-11(19)10-1-2-17-6-18-10;;/h1-6H;;/q;+1;-1. The first-order valence-corrected chi connectivity index (χ1v) is 5.76. The van der Waals surface area contributed by atoms with Gasteiger partial charge in [-0.05, 0) is 18.2 Å². The van der Waals surface area contributed by atoms with Gasteiger partial charge in [0.05, 0.1) is 0 Å². The zero-order valence-electron chi connectivity index (χ0n) is 12.1. The Balaban J connectivity index is 0.00000242. The molecule has 0 N–H and O–H groups in total. The van der Waals surface area contributed by atoms with Gasteiger partial charge in [0.15, 0.2) is 5.69 Å². The van der Waals surface area contributed by atoms with Crippen molar-refractivity contribution in [3.05, 3.63) is 47.5 Å². The monoisotopic (exact) mass is 358 g/mol. The largest absolute Gasteiger partial charge is 1.00 e. The van der Waals surface area contributed by atoms with Crippen molar-refractivity contribution in [1.82, 2.24) is 9.97 Å². The van der Waals surface area contributed by atoms with Gasteiger partial charge in [-0.3, -0.25) is 0 Å². The van der Waals surface area contributed by atoms with Crippen LogP contribution in [0.2, 0.25) is 5.02 Å². The van der Waals surface area contributed by atoms with E-state index in [1.54, 1.807) is 0 Å². The van der Waals surface area contributed by atoms with Gasteiger partial charge in [-0.25, -0.2) is 14.8 Å². The Labute approximate surface area is 171 Å². The van der Waals surface area contributed by atoms with Crippen LogP contribution in [0.4, 0.5) is 13.2 Å². The summed E-state index contributed by atoms with van der Waals surface area (Å²) in [5.74, 6) is -1.66. The summed E-state index contributed by atoms with van der Waals surface area (Å²) >= 11 is 5.64. The number of nitrogens with zero attached hydrogens (tertiary/aromatic N) is 2. The van der Waals surface area contributed by atoms with Gasteiger partial charge in [0.1, 0.15) is 17.8 Å². The van der Waals surface area contributed by atoms with Crippen molar-refractivity contribution in [3.8, 4) is 11.5 Å². The van der Waals surface area contributed by atoms with Gasteiger partial charge in [-0.15, -0.1) is 13.2 Å². The number of aromatic nitrogens is 2. The molecule has 2 rings (SSSR count). The van der Waals surface area contributed by atoms with E-state index in [1.807, 2.05) is 0 Å². The number of halogens is 4. The molecule has 0 bridgehead atoms. The molecular weight excluding hydrogens is 352 g/mol. The molecule has 5 nitrogen and oxygen atoms in total. The quantitative estimate of drug-likeness (QED) is 0.450. The first kappa shape index (κ1) is 19.3. The Morgan fingerprint density at radius 2 is 1.91 bits per heavy atom. The van der Waals surface area contributed by atoms with E-state index in [-0.39, 0.29) is 69.3 Å². The minimum absolute atomic E-state index is 0. The second-order valence-electron chi connectivity index (χ2n) is 3.65. The van der Waals surface area contributed by atoms with E-state index in [2.05, 4.69) is 14.7 Å². The third-order valence-electron chi connectivity index (χ3n) is 2.08. The Bertz CT molecular complexity index is 662. The number of carbonyl (C=O) groups is 1. The van der Waals surface area contributed by atoms with Crippen LogP contribution in [-0.4, -0.2) is 22.3 Å². The maximum Gasteiger partial charge on any atom is 1.00 e. The number of ether oxygens (including phenoxy) is 2. The molecule has 0 aliphatic carbocycles. The van der Waals surface area contributed by atoms with Crippen LogP contribution in [0.15, 0.2) is 36.8 Å². The molecule has 0 atom stereocenters. The van der Waals surface area contributed by atoms with Crippen molar-refractivity contribution < 1.29 is 80.3 Å². The van der Waals surface area contributed by atoms with Crippen LogP contribution in [0.1, 0.15) is 11.9 Å². The summed E-state index contributed by atoms with van der Waals surface area (Å²) in [6, 6.07) is 4.29. The summed E-state index contributed by atoms with van der Waals surface area (Å²) in [4.78, 5) is 19.0. The Morgan fingerprint density at radius 1 is 1.23 bits per heavy atom. The molecule has 0 aliphatic heterocycles. The number of hydrogen-bond acceptors (Lipinski definition) is 5. The molecule has 1 aromatic carbocycles. The predicted octanol–water partition coefficient (Wildman–Crippen LogP) is 0.364. The Kier molecular flexibility index (Phi) is 7.23. The van der Waals surface area contributed by atoms with Crippen molar-refractivity contribution in [2.45, 2.75) is 6.36 Å². The molecule has 0 saturated carbocycles. The minimum Gasteiger partial charge on any atom is -1.00 e. The van der Waals surface area contributed by atoms with Gasteiger partial charge >= 0.3 is 63.7 Å². The van der Waals surface area contributed by atoms with Gasteiger partial charge < -0.3 is 10.9 Å². The number of carbonyl (C=O) groups excluding carboxylic acids is 1. The van der Waals surface area contributed by atoms with Crippen LogP contribution in [0.3, 0.4) is 0 Å². The predicted molar refractivity (Wildman–Crippen MR) is 66.2 cm³/mol. The number of benzene rings is 1. The van der Waals surface area contributed by atoms with Crippen LogP contribution in [0.5, 0.6) is 11.5 Å². The van der Waals surface area contributed by atoms with Crippen molar-refractivity contribution in [3.63, 3.8) is 0 Å². The summed E-state index contributed by atoms with van der Waals surface area (Å²) in [6.45, 7) is 0. The Morgan fingerprint density at radius 3 is 2.50 bits per heavy atom. The molecule has 0 radical (unpaired) electrons. The maximum absolute atomic E-state index is 12.1. The van der Waals surface area contributed by atoms with Gasteiger partial charge in [-0.2, -0.15) is 0 Å². The fourth-order valence-electron chi connectivity index (χ4n) is 1.36. The molecular formula is C12H7ClF3KN2O3. The summed E-state index contributed by atoms with van der Waals surface area (Å²) in [7, 11) is 0. The van der Waals surface area contributed by atoms with Gasteiger partial charge in [0.2, 0.25) is 0 Å². The molecule has 0 amide bonds. The smallest absolute Gasteiger partial charge is 1.00 e. The fourth-order valence-corrected chi connectivity index (χ4v) is 1.57. The van der Waals surface area contributed by atoms with Gasteiger partial charge in [0.25, 0.3) is 0 Å². The molecule has 0 spiro atoms. The summed E-state index contributed by atoms with van der Waals surface area (Å²) < 4.78 is 45.0. The zero-order chi connectivity index (χ0) is 15.5. The molecule has 2 aromatic rings. The van der Waals surface area contributed by atoms with Crippen LogP contribution < -0.4 is 60.9 Å². The molecule has 0 unspecified atom stereocenters. The molecule has 0 saturated heterocycles. The summed E-state index contributed by atoms with van der Waals surface area (Å²) in [5, 5.41) is -0.0813. The average molecular weight is 359 g/mol. The molecule has 0 aliphatic rings. The average Bonchev–Trinajstić information content (AvgIpc) is 2.36. The van der Waals surface area contributed by atoms with Crippen LogP contribution in [0.25, 0.3) is 0 Å². The molecule has 10 heteroatoms. The molecule has 1 heterocycles. The third-order valence-corrected chi connectivity index (χ3v) is 2.30. The molecule has 0 fully saturated rings. The molecule has 112 valence electrons. The maximum atomic E-state index is 12.1. The normalized spacial score (nSPS) is 10.5. The topological polar surface area (TPSA) is 61.3 Å². The Hall–Kier alpha value is -0.714. The molecule has 22 heavy (non-hydrogen) atoms. The van der Waals surface area contributed by atoms with Crippen LogP contribution >= 0.6 is 11.6 Å². The fraction of sp³-hybridized carbons (Fsp3) is 0.0833. The number of rotatable bonds is 3. The van der Waals surface area contributed by atoms with Crippen LogP contribution in [0, 0.1) is 0 Å². The van der Waals surface area contributed by atoms with Crippen molar-refractivity contribution in [2.75, 3.05) is 0 Å². The van der Waals surface area contributed by atoms with Gasteiger partial charge in [0, 0.05) is 17.3 Å². The van der Waals surface area contributed by atoms with E-state index in [9.17, 15) is 18.0 Å². The van der Waals surface area contributed by atoms with Crippen molar-refractivity contribution in [1.29, 1.82) is 0 Å². The number of esters is 1. The minimum atomic E-state index is -4.88. The van der Waals surface area contributed by atoms with E-state index in [0.29, 0.717) is 0 Å². The van der Waals surface area contributed by atoms with Crippen molar-refractivity contribution >= 4 is 17.6 Å². The second kappa shape index (κ2) is 8.23. The van der Waals surface area contributed by atoms with E-state index in [1.165, 1.54) is 18.3 Å². The third kappa shape index (κ3) is 6.19.